The number of hydrogen-bond donors (Lipinski definition) is 1. The number of aromatic nitrogens is 3. The van der Waals surface area contributed by atoms with E-state index in [4.69, 9.17) is 8.83 Å². The molecule has 7 heteroatoms. The maximum atomic E-state index is 12.9. The lowest BCUT2D eigenvalue weighted by Gasteiger charge is -1.90. The van der Waals surface area contributed by atoms with Gasteiger partial charge in [-0.05, 0) is 12.1 Å². The molecule has 0 saturated heterocycles. The lowest BCUT2D eigenvalue weighted by molar-refractivity contribution is 0.559. The highest BCUT2D eigenvalue weighted by Crippen LogP contribution is 2.21. The molecule has 0 fully saturated rings. The molecule has 3 rings (SSSR count). The molecule has 80 valence electrons. The Morgan fingerprint density at radius 1 is 1.25 bits per heavy atom. The van der Waals surface area contributed by atoms with Gasteiger partial charge in [-0.15, -0.1) is 5.10 Å². The van der Waals surface area contributed by atoms with Crippen LogP contribution < -0.4 is 5.32 Å². The fourth-order valence-electron chi connectivity index (χ4n) is 1.27. The van der Waals surface area contributed by atoms with Gasteiger partial charge in [0.2, 0.25) is 6.39 Å². The van der Waals surface area contributed by atoms with Gasteiger partial charge in [-0.3, -0.25) is 5.32 Å². The lowest BCUT2D eigenvalue weighted by atomic mass is 10.3. The summed E-state index contributed by atoms with van der Waals surface area (Å²) in [6.07, 6.45) is 1.17. The summed E-state index contributed by atoms with van der Waals surface area (Å²) >= 11 is 0. The standard InChI is InChI=1S/C9H5FN4O2/c10-5-1-2-7-6(3-5)12-8(16-7)13-9-14-11-4-15-9/h1-4H,(H,12,13,14). The number of hydrogen-bond acceptors (Lipinski definition) is 6. The second-order valence-corrected chi connectivity index (χ2v) is 3.00. The first-order chi connectivity index (χ1) is 7.81. The van der Waals surface area contributed by atoms with E-state index >= 15 is 0 Å². The molecule has 6 nitrogen and oxygen atoms in total. The van der Waals surface area contributed by atoms with Crippen molar-refractivity contribution in [3.8, 4) is 0 Å². The number of halogens is 1. The van der Waals surface area contributed by atoms with Gasteiger partial charge in [0, 0.05) is 6.07 Å². The summed E-state index contributed by atoms with van der Waals surface area (Å²) in [4.78, 5) is 4.00. The Bertz CT molecular complexity index is 620. The van der Waals surface area contributed by atoms with Crippen LogP contribution >= 0.6 is 0 Å². The predicted molar refractivity (Wildman–Crippen MR) is 51.5 cm³/mol. The highest BCUT2D eigenvalue weighted by atomic mass is 19.1. The number of rotatable bonds is 2. The molecule has 16 heavy (non-hydrogen) atoms. The molecule has 1 aromatic carbocycles. The third-order valence-corrected chi connectivity index (χ3v) is 1.92. The van der Waals surface area contributed by atoms with E-state index < -0.39 is 0 Å². The van der Waals surface area contributed by atoms with Crippen LogP contribution in [0.2, 0.25) is 0 Å². The maximum absolute atomic E-state index is 12.9. The van der Waals surface area contributed by atoms with Crippen LogP contribution in [-0.2, 0) is 0 Å². The monoisotopic (exact) mass is 220 g/mol. The van der Waals surface area contributed by atoms with Crippen molar-refractivity contribution < 1.29 is 13.2 Å². The van der Waals surface area contributed by atoms with Gasteiger partial charge in [-0.2, -0.15) is 4.98 Å². The van der Waals surface area contributed by atoms with Crippen LogP contribution in [0.15, 0.2) is 33.4 Å². The van der Waals surface area contributed by atoms with Gasteiger partial charge in [0.1, 0.15) is 11.3 Å². The molecular formula is C9H5FN4O2. The van der Waals surface area contributed by atoms with Crippen LogP contribution in [0.25, 0.3) is 11.1 Å². The normalized spacial score (nSPS) is 10.8. The average molecular weight is 220 g/mol. The topological polar surface area (TPSA) is 77.0 Å². The molecule has 0 amide bonds. The molecule has 0 bridgehead atoms. The van der Waals surface area contributed by atoms with Crippen LogP contribution in [0.4, 0.5) is 16.4 Å². The third kappa shape index (κ3) is 1.48. The molecule has 0 spiro atoms. The van der Waals surface area contributed by atoms with Crippen molar-refractivity contribution in [1.82, 2.24) is 15.2 Å². The Kier molecular flexibility index (Phi) is 1.82. The maximum Gasteiger partial charge on any atom is 0.323 e. The highest BCUT2D eigenvalue weighted by Gasteiger charge is 2.08. The quantitative estimate of drug-likeness (QED) is 0.712. The summed E-state index contributed by atoms with van der Waals surface area (Å²) in [5, 5.41) is 9.73. The van der Waals surface area contributed by atoms with Crippen molar-refractivity contribution in [1.29, 1.82) is 0 Å². The van der Waals surface area contributed by atoms with Gasteiger partial charge in [0.15, 0.2) is 5.58 Å². The Morgan fingerprint density at radius 3 is 3.00 bits per heavy atom. The molecule has 1 N–H and O–H groups in total. The zero-order valence-corrected chi connectivity index (χ0v) is 7.85. The second kappa shape index (κ2) is 3.30. The first kappa shape index (κ1) is 8.84. The lowest BCUT2D eigenvalue weighted by Crippen LogP contribution is -1.89. The molecule has 0 atom stereocenters. The molecule has 2 heterocycles. The molecule has 0 aliphatic heterocycles. The minimum Gasteiger partial charge on any atom is -0.423 e. The molecule has 2 aromatic heterocycles. The summed E-state index contributed by atoms with van der Waals surface area (Å²) in [5.74, 6) is -0.370. The average Bonchev–Trinajstić information content (AvgIpc) is 2.86. The zero-order chi connectivity index (χ0) is 11.0. The van der Waals surface area contributed by atoms with Gasteiger partial charge in [0.25, 0.3) is 0 Å². The zero-order valence-electron chi connectivity index (χ0n) is 7.85. The van der Waals surface area contributed by atoms with Crippen molar-refractivity contribution in [2.45, 2.75) is 0 Å². The van der Waals surface area contributed by atoms with Crippen LogP contribution in [0.5, 0.6) is 0 Å². The van der Waals surface area contributed by atoms with E-state index in [0.717, 1.165) is 0 Å². The number of anilines is 2. The van der Waals surface area contributed by atoms with Crippen molar-refractivity contribution >= 4 is 23.1 Å². The van der Waals surface area contributed by atoms with Gasteiger partial charge < -0.3 is 8.83 Å². The summed E-state index contributed by atoms with van der Waals surface area (Å²) in [7, 11) is 0. The summed E-state index contributed by atoms with van der Waals surface area (Å²) in [6, 6.07) is 4.40. The first-order valence-electron chi connectivity index (χ1n) is 4.40. The first-order valence-corrected chi connectivity index (χ1v) is 4.40. The van der Waals surface area contributed by atoms with E-state index in [1.807, 2.05) is 0 Å². The highest BCUT2D eigenvalue weighted by molar-refractivity contribution is 5.74. The van der Waals surface area contributed by atoms with Crippen LogP contribution in [0, 0.1) is 5.82 Å². The van der Waals surface area contributed by atoms with Crippen molar-refractivity contribution in [3.63, 3.8) is 0 Å². The van der Waals surface area contributed by atoms with Gasteiger partial charge >= 0.3 is 12.0 Å². The fourth-order valence-corrected chi connectivity index (χ4v) is 1.27. The summed E-state index contributed by atoms with van der Waals surface area (Å²) in [5.41, 5.74) is 0.894. The van der Waals surface area contributed by atoms with Crippen molar-refractivity contribution in [2.75, 3.05) is 5.32 Å². The third-order valence-electron chi connectivity index (χ3n) is 1.92. The number of nitrogens with zero attached hydrogens (tertiary/aromatic N) is 3. The Labute approximate surface area is 88.1 Å². The molecule has 0 aliphatic rings. The minimum atomic E-state index is -0.370. The van der Waals surface area contributed by atoms with Crippen LogP contribution in [0.1, 0.15) is 0 Å². The van der Waals surface area contributed by atoms with E-state index in [0.29, 0.717) is 11.1 Å². The van der Waals surface area contributed by atoms with Gasteiger partial charge in [-0.1, -0.05) is 5.10 Å². The Hall–Kier alpha value is -2.44. The second-order valence-electron chi connectivity index (χ2n) is 3.00. The minimum absolute atomic E-state index is 0.159. The van der Waals surface area contributed by atoms with Gasteiger partial charge in [0.05, 0.1) is 0 Å². The van der Waals surface area contributed by atoms with Gasteiger partial charge in [-0.25, -0.2) is 4.39 Å². The number of fused-ring (bicyclic) bond motifs is 1. The fraction of sp³-hybridized carbons (Fsp3) is 0. The molecule has 0 saturated carbocycles. The summed E-state index contributed by atoms with van der Waals surface area (Å²) < 4.78 is 23.0. The number of nitrogens with one attached hydrogen (secondary N) is 1. The molecular weight excluding hydrogens is 215 g/mol. The van der Waals surface area contributed by atoms with E-state index in [1.54, 1.807) is 0 Å². The largest absolute Gasteiger partial charge is 0.423 e. The predicted octanol–water partition coefficient (Wildman–Crippen LogP) is 2.09. The smallest absolute Gasteiger partial charge is 0.323 e. The van der Waals surface area contributed by atoms with Crippen molar-refractivity contribution in [2.24, 2.45) is 0 Å². The molecule has 0 unspecified atom stereocenters. The van der Waals surface area contributed by atoms with Crippen LogP contribution in [-0.4, -0.2) is 15.2 Å². The van der Waals surface area contributed by atoms with E-state index in [-0.39, 0.29) is 17.8 Å². The van der Waals surface area contributed by atoms with Crippen LogP contribution in [0.3, 0.4) is 0 Å². The molecule has 0 aliphatic carbocycles. The Morgan fingerprint density at radius 2 is 2.19 bits per heavy atom. The number of benzene rings is 1. The van der Waals surface area contributed by atoms with Crippen molar-refractivity contribution in [3.05, 3.63) is 30.4 Å². The van der Waals surface area contributed by atoms with E-state index in [1.165, 1.54) is 24.6 Å². The van der Waals surface area contributed by atoms with E-state index in [9.17, 15) is 4.39 Å². The SMILES string of the molecule is Fc1ccc2oc(Nc3nnco3)nc2c1. The number of oxazole rings is 1. The summed E-state index contributed by atoms with van der Waals surface area (Å²) in [6.45, 7) is 0. The molecule has 3 aromatic rings. The van der Waals surface area contributed by atoms with E-state index in [2.05, 4.69) is 20.5 Å². The molecule has 0 radical (unpaired) electrons. The Balaban J connectivity index is 1.99.